The summed E-state index contributed by atoms with van der Waals surface area (Å²) >= 11 is 6.20. The first kappa shape index (κ1) is 27.2. The van der Waals surface area contributed by atoms with Crippen LogP contribution in [0.1, 0.15) is 56.7 Å². The van der Waals surface area contributed by atoms with Crippen LogP contribution in [0.3, 0.4) is 0 Å². The zero-order chi connectivity index (χ0) is 29.1. The van der Waals surface area contributed by atoms with Crippen LogP contribution in [0.2, 0.25) is 5.02 Å². The fourth-order valence-electron chi connectivity index (χ4n) is 8.37. The third-order valence-corrected chi connectivity index (χ3v) is 10.6. The number of hydrogen-bond donors (Lipinski definition) is 2. The highest BCUT2D eigenvalue weighted by atomic mass is 35.5. The van der Waals surface area contributed by atoms with Crippen molar-refractivity contribution in [2.24, 2.45) is 0 Å². The van der Waals surface area contributed by atoms with Gasteiger partial charge in [0.2, 0.25) is 5.79 Å². The number of carbonyl (C=O) groups excluding carboxylic acids is 2. The van der Waals surface area contributed by atoms with E-state index in [-0.39, 0.29) is 30.6 Å². The number of hydrogen-bond acceptors (Lipinski definition) is 8. The summed E-state index contributed by atoms with van der Waals surface area (Å²) < 4.78 is 18.4. The van der Waals surface area contributed by atoms with Crippen LogP contribution >= 0.6 is 11.6 Å². The summed E-state index contributed by atoms with van der Waals surface area (Å²) in [5, 5.41) is 24.3. The minimum atomic E-state index is -1.82. The molecule has 3 aliphatic heterocycles. The molecule has 2 aliphatic carbocycles. The average Bonchev–Trinajstić information content (AvgIpc) is 3.28. The number of rotatable bonds is 2. The van der Waals surface area contributed by atoms with E-state index in [0.717, 1.165) is 17.7 Å². The van der Waals surface area contributed by atoms with Crippen molar-refractivity contribution < 1.29 is 34.0 Å². The predicted molar refractivity (Wildman–Crippen MR) is 149 cm³/mol. The summed E-state index contributed by atoms with van der Waals surface area (Å²) in [6.45, 7) is 6.16. The third-order valence-electron chi connectivity index (χ3n) is 10.4. The van der Waals surface area contributed by atoms with E-state index < -0.39 is 40.6 Å². The Morgan fingerprint density at radius 3 is 2.71 bits per heavy atom. The number of likely N-dealkylation sites (N-methyl/N-ethyl adjacent to an activating group) is 1. The van der Waals surface area contributed by atoms with Gasteiger partial charge < -0.3 is 29.3 Å². The van der Waals surface area contributed by atoms with Crippen molar-refractivity contribution in [1.82, 2.24) is 9.80 Å². The molecule has 2 aromatic carbocycles. The van der Waals surface area contributed by atoms with Gasteiger partial charge in [-0.3, -0.25) is 9.69 Å². The Labute approximate surface area is 243 Å². The van der Waals surface area contributed by atoms with Crippen molar-refractivity contribution >= 4 is 23.5 Å². The van der Waals surface area contributed by atoms with E-state index in [0.29, 0.717) is 35.6 Å². The van der Waals surface area contributed by atoms with Crippen LogP contribution < -0.4 is 9.47 Å². The maximum Gasteiger partial charge on any atom is 0.416 e. The van der Waals surface area contributed by atoms with Gasteiger partial charge in [0.25, 0.3) is 0 Å². The highest BCUT2D eigenvalue weighted by molar-refractivity contribution is 6.30. The number of benzene rings is 2. The van der Waals surface area contributed by atoms with Crippen LogP contribution in [0.5, 0.6) is 11.5 Å². The Hall–Kier alpha value is -2.69. The number of aliphatic hydroxyl groups is 2. The van der Waals surface area contributed by atoms with Crippen LogP contribution in [0.4, 0.5) is 4.79 Å². The summed E-state index contributed by atoms with van der Waals surface area (Å²) in [6.07, 6.45) is 0.314. The first-order valence-corrected chi connectivity index (χ1v) is 14.6. The average molecular weight is 583 g/mol. The lowest BCUT2D eigenvalue weighted by Crippen LogP contribution is -2.76. The zero-order valence-electron chi connectivity index (χ0n) is 23.6. The number of morpholine rings is 1. The van der Waals surface area contributed by atoms with E-state index in [4.69, 9.17) is 25.8 Å². The molecular formula is C31H35ClN2O7. The number of likely N-dealkylation sites (tertiary alicyclic amines) is 1. The topological polar surface area (TPSA) is 109 Å². The molecule has 0 aromatic heterocycles. The molecule has 3 unspecified atom stereocenters. The lowest BCUT2D eigenvalue weighted by Gasteiger charge is -2.62. The fraction of sp³-hybridized carbons (Fsp3) is 0.548. The monoisotopic (exact) mass is 582 g/mol. The molecule has 218 valence electrons. The van der Waals surface area contributed by atoms with E-state index in [1.54, 1.807) is 37.3 Å². The van der Waals surface area contributed by atoms with Gasteiger partial charge in [0.1, 0.15) is 0 Å². The van der Waals surface area contributed by atoms with Gasteiger partial charge in [-0.05, 0) is 77.4 Å². The van der Waals surface area contributed by atoms with Gasteiger partial charge >= 0.3 is 6.09 Å². The van der Waals surface area contributed by atoms with Crippen molar-refractivity contribution in [2.45, 2.75) is 87.0 Å². The van der Waals surface area contributed by atoms with Gasteiger partial charge in [-0.2, -0.15) is 0 Å². The molecule has 2 saturated heterocycles. The number of ether oxygens (including phenoxy) is 3. The number of nitrogens with zero attached hydrogens (tertiary/aromatic N) is 2. The van der Waals surface area contributed by atoms with Crippen LogP contribution in [-0.2, 0) is 27.2 Å². The molecule has 2 bridgehead atoms. The molecule has 0 radical (unpaired) electrons. The normalized spacial score (nSPS) is 36.9. The van der Waals surface area contributed by atoms with Crippen molar-refractivity contribution in [3.05, 3.63) is 58.1 Å². The standard InChI is InChI=1S/C31H35ClN2O7/c1-17-31(38,19-6-5-7-20(32)15-19)39-16-28(2,3)34(17)27(36)40-22-9-8-18-14-23-30(37)11-10-21(35)26-29(30,12-13-33(23)4)24(18)25(22)41-26/h5-9,15,17,23,26,37-38H,10-14,16H2,1-4H3/t17?,23-,26?,29+,30-,31?/m1/s1. The molecule has 5 aliphatic rings. The summed E-state index contributed by atoms with van der Waals surface area (Å²) in [4.78, 5) is 30.9. The summed E-state index contributed by atoms with van der Waals surface area (Å²) in [5.41, 5.74) is -0.567. The first-order valence-electron chi connectivity index (χ1n) is 14.3. The summed E-state index contributed by atoms with van der Waals surface area (Å²) in [7, 11) is 2.02. The Bertz CT molecular complexity index is 1480. The molecule has 2 aromatic rings. The number of amides is 1. The molecule has 6 atom stereocenters. The maximum absolute atomic E-state index is 14.0. The van der Waals surface area contributed by atoms with Gasteiger partial charge in [0, 0.05) is 28.6 Å². The lowest BCUT2D eigenvalue weighted by atomic mass is 9.49. The molecule has 9 nitrogen and oxygen atoms in total. The zero-order valence-corrected chi connectivity index (χ0v) is 24.4. The second-order valence-electron chi connectivity index (χ2n) is 13.0. The number of carbonyl (C=O) groups is 2. The van der Waals surface area contributed by atoms with Gasteiger partial charge in [0.15, 0.2) is 23.4 Å². The van der Waals surface area contributed by atoms with E-state index in [1.165, 1.54) is 4.90 Å². The largest absolute Gasteiger partial charge is 0.477 e. The summed E-state index contributed by atoms with van der Waals surface area (Å²) in [6, 6.07) is 9.42. The number of Topliss-reactive ketones (excluding diaryl/α,β-unsaturated/α-hetero) is 1. The van der Waals surface area contributed by atoms with Crippen molar-refractivity contribution in [1.29, 1.82) is 0 Å². The Kier molecular flexibility index (Phi) is 5.75. The van der Waals surface area contributed by atoms with E-state index in [1.807, 2.05) is 27.0 Å². The van der Waals surface area contributed by atoms with Gasteiger partial charge in [-0.15, -0.1) is 0 Å². The van der Waals surface area contributed by atoms with Crippen LogP contribution in [0.25, 0.3) is 0 Å². The highest BCUT2D eigenvalue weighted by Crippen LogP contribution is 2.64. The Morgan fingerprint density at radius 2 is 1.95 bits per heavy atom. The predicted octanol–water partition coefficient (Wildman–Crippen LogP) is 3.54. The van der Waals surface area contributed by atoms with Gasteiger partial charge in [-0.1, -0.05) is 29.8 Å². The minimum absolute atomic E-state index is 0.0335. The summed E-state index contributed by atoms with van der Waals surface area (Å²) in [5.74, 6) is -1.29. The molecule has 2 N–H and O–H groups in total. The van der Waals surface area contributed by atoms with Gasteiger partial charge in [0.05, 0.1) is 29.2 Å². The SMILES string of the molecule is CC1N(C(=O)Oc2ccc3c4c2OC2C(=O)CC[C@@]5(O)[C@@H](C3)N(C)CC[C@]425)C(C)(C)COC1(O)c1cccc(Cl)c1. The van der Waals surface area contributed by atoms with Crippen molar-refractivity contribution in [3.8, 4) is 11.5 Å². The Balaban J connectivity index is 1.27. The number of halogens is 1. The molecule has 3 heterocycles. The second-order valence-corrected chi connectivity index (χ2v) is 13.4. The fourth-order valence-corrected chi connectivity index (χ4v) is 8.56. The lowest BCUT2D eigenvalue weighted by molar-refractivity contribution is -0.293. The smallest absolute Gasteiger partial charge is 0.416 e. The van der Waals surface area contributed by atoms with Gasteiger partial charge in [-0.25, -0.2) is 4.79 Å². The van der Waals surface area contributed by atoms with E-state index >= 15 is 0 Å². The molecular weight excluding hydrogens is 548 g/mol. The minimum Gasteiger partial charge on any atom is -0.477 e. The molecule has 7 rings (SSSR count). The maximum atomic E-state index is 14.0. The molecule has 1 saturated carbocycles. The van der Waals surface area contributed by atoms with Crippen molar-refractivity contribution in [2.75, 3.05) is 20.2 Å². The van der Waals surface area contributed by atoms with Crippen LogP contribution in [0.15, 0.2) is 36.4 Å². The van der Waals surface area contributed by atoms with Crippen molar-refractivity contribution in [3.63, 3.8) is 0 Å². The number of piperidine rings is 1. The van der Waals surface area contributed by atoms with E-state index in [9.17, 15) is 19.8 Å². The highest BCUT2D eigenvalue weighted by Gasteiger charge is 2.73. The first-order chi connectivity index (χ1) is 19.3. The van der Waals surface area contributed by atoms with Crippen LogP contribution in [0, 0.1) is 0 Å². The molecule has 41 heavy (non-hydrogen) atoms. The Morgan fingerprint density at radius 1 is 1.17 bits per heavy atom. The van der Waals surface area contributed by atoms with Crippen LogP contribution in [-0.4, -0.2) is 81.4 Å². The second kappa shape index (κ2) is 8.67. The number of ketones is 1. The molecule has 1 spiro atoms. The van der Waals surface area contributed by atoms with E-state index in [2.05, 4.69) is 4.90 Å². The third kappa shape index (κ3) is 3.44. The molecule has 10 heteroatoms. The molecule has 1 amide bonds. The molecule has 3 fully saturated rings. The quantitative estimate of drug-likeness (QED) is 0.554.